The summed E-state index contributed by atoms with van der Waals surface area (Å²) < 4.78 is 26.7. The summed E-state index contributed by atoms with van der Waals surface area (Å²) in [7, 11) is -3.43. The Bertz CT molecular complexity index is 1160. The number of carbonyl (C=O) groups is 1. The smallest absolute Gasteiger partial charge is 0.275 e. The summed E-state index contributed by atoms with van der Waals surface area (Å²) in [6.45, 7) is 3.75. The second-order valence-corrected chi connectivity index (χ2v) is 8.40. The zero-order chi connectivity index (χ0) is 20.5. The van der Waals surface area contributed by atoms with E-state index in [0.717, 1.165) is 17.6 Å². The molecule has 0 aliphatic heterocycles. The molecule has 3 aromatic rings. The van der Waals surface area contributed by atoms with E-state index < -0.39 is 15.9 Å². The highest BCUT2D eigenvalue weighted by atomic mass is 35.5. The molecule has 1 aromatic carbocycles. The summed E-state index contributed by atoms with van der Waals surface area (Å²) in [5, 5.41) is 7.22. The Morgan fingerprint density at radius 1 is 1.11 bits per heavy atom. The average molecular weight is 420 g/mol. The first kappa shape index (κ1) is 19.8. The van der Waals surface area contributed by atoms with Gasteiger partial charge >= 0.3 is 0 Å². The lowest BCUT2D eigenvalue weighted by molar-refractivity contribution is 0.102. The van der Waals surface area contributed by atoms with Crippen LogP contribution in [0.3, 0.4) is 0 Å². The van der Waals surface area contributed by atoms with Gasteiger partial charge in [0.05, 0.1) is 22.7 Å². The third-order valence-corrected chi connectivity index (χ3v) is 4.61. The van der Waals surface area contributed by atoms with Crippen LogP contribution < -0.4 is 10.0 Å². The van der Waals surface area contributed by atoms with Crippen LogP contribution in [0.5, 0.6) is 0 Å². The van der Waals surface area contributed by atoms with Crippen molar-refractivity contribution in [2.24, 2.45) is 0 Å². The molecule has 2 heterocycles. The van der Waals surface area contributed by atoms with Gasteiger partial charge in [0.15, 0.2) is 5.82 Å². The Labute approximate surface area is 167 Å². The lowest BCUT2D eigenvalue weighted by Gasteiger charge is -2.10. The van der Waals surface area contributed by atoms with E-state index in [9.17, 15) is 13.2 Å². The number of aryl methyl sites for hydroxylation is 2. The number of hydrogen-bond donors (Lipinski definition) is 2. The number of benzene rings is 1. The van der Waals surface area contributed by atoms with Crippen molar-refractivity contribution < 1.29 is 13.2 Å². The number of halogens is 1. The number of hydrogen-bond acceptors (Lipinski definition) is 5. The molecule has 0 bridgehead atoms. The fourth-order valence-electron chi connectivity index (χ4n) is 2.63. The molecule has 28 heavy (non-hydrogen) atoms. The summed E-state index contributed by atoms with van der Waals surface area (Å²) in [4.78, 5) is 17.0. The molecule has 0 radical (unpaired) electrons. The number of nitrogens with zero attached hydrogens (tertiary/aromatic N) is 3. The van der Waals surface area contributed by atoms with Crippen LogP contribution in [0.15, 0.2) is 42.5 Å². The predicted octanol–water partition coefficient (Wildman–Crippen LogP) is 3.16. The van der Waals surface area contributed by atoms with Gasteiger partial charge in [-0.3, -0.25) is 9.52 Å². The van der Waals surface area contributed by atoms with Crippen LogP contribution in [-0.4, -0.2) is 35.3 Å². The van der Waals surface area contributed by atoms with Crippen LogP contribution in [0.1, 0.15) is 21.9 Å². The Kier molecular flexibility index (Phi) is 5.39. The van der Waals surface area contributed by atoms with Gasteiger partial charge < -0.3 is 5.32 Å². The standard InChI is InChI=1S/C18H18ClN5O3S/c1-11-9-12(2)24(22-11)16-8-7-15(19)17(21-16)18(25)20-13-5-4-6-14(10-13)23-28(3,26)27/h4-10,23H,1-3H3,(H,20,25). The first-order chi connectivity index (χ1) is 13.1. The molecule has 10 heteroatoms. The van der Waals surface area contributed by atoms with E-state index in [0.29, 0.717) is 17.2 Å². The number of aromatic nitrogens is 3. The fourth-order valence-corrected chi connectivity index (χ4v) is 3.38. The van der Waals surface area contributed by atoms with E-state index in [2.05, 4.69) is 20.1 Å². The minimum Gasteiger partial charge on any atom is -0.321 e. The van der Waals surface area contributed by atoms with Crippen LogP contribution in [0.2, 0.25) is 5.02 Å². The predicted molar refractivity (Wildman–Crippen MR) is 109 cm³/mol. The second-order valence-electron chi connectivity index (χ2n) is 6.25. The molecular weight excluding hydrogens is 402 g/mol. The van der Waals surface area contributed by atoms with Gasteiger partial charge in [-0.05, 0) is 50.2 Å². The highest BCUT2D eigenvalue weighted by Crippen LogP contribution is 2.21. The van der Waals surface area contributed by atoms with E-state index >= 15 is 0 Å². The first-order valence-corrected chi connectivity index (χ1v) is 10.5. The quantitative estimate of drug-likeness (QED) is 0.660. The molecule has 0 atom stereocenters. The minimum absolute atomic E-state index is 0.0354. The van der Waals surface area contributed by atoms with Gasteiger partial charge in [0.1, 0.15) is 5.69 Å². The first-order valence-electron chi connectivity index (χ1n) is 8.22. The maximum absolute atomic E-state index is 12.7. The molecule has 0 aliphatic carbocycles. The molecule has 0 unspecified atom stereocenters. The molecule has 146 valence electrons. The van der Waals surface area contributed by atoms with E-state index in [4.69, 9.17) is 11.6 Å². The molecule has 1 amide bonds. The number of rotatable bonds is 5. The van der Waals surface area contributed by atoms with Gasteiger partial charge in [-0.2, -0.15) is 5.10 Å². The van der Waals surface area contributed by atoms with Gasteiger partial charge in [-0.15, -0.1) is 0 Å². The van der Waals surface area contributed by atoms with Crippen molar-refractivity contribution in [2.75, 3.05) is 16.3 Å². The van der Waals surface area contributed by atoms with Crippen molar-refractivity contribution in [1.29, 1.82) is 0 Å². The van der Waals surface area contributed by atoms with Crippen LogP contribution in [0, 0.1) is 13.8 Å². The molecule has 0 spiro atoms. The third kappa shape index (κ3) is 4.68. The lowest BCUT2D eigenvalue weighted by Crippen LogP contribution is -2.16. The van der Waals surface area contributed by atoms with Crippen molar-refractivity contribution in [1.82, 2.24) is 14.8 Å². The highest BCUT2D eigenvalue weighted by Gasteiger charge is 2.16. The summed E-state index contributed by atoms with van der Waals surface area (Å²) >= 11 is 6.16. The molecule has 2 aromatic heterocycles. The molecule has 3 rings (SSSR count). The van der Waals surface area contributed by atoms with Gasteiger partial charge in [0, 0.05) is 11.4 Å². The van der Waals surface area contributed by atoms with Crippen LogP contribution in [0.25, 0.3) is 5.82 Å². The summed E-state index contributed by atoms with van der Waals surface area (Å²) in [5.74, 6) is -0.0578. The number of amides is 1. The van der Waals surface area contributed by atoms with E-state index in [-0.39, 0.29) is 10.7 Å². The number of pyridine rings is 1. The van der Waals surface area contributed by atoms with Gasteiger partial charge in [-0.1, -0.05) is 17.7 Å². The minimum atomic E-state index is -3.43. The van der Waals surface area contributed by atoms with Crippen LogP contribution >= 0.6 is 11.6 Å². The number of anilines is 2. The van der Waals surface area contributed by atoms with E-state index in [1.165, 1.54) is 6.07 Å². The monoisotopic (exact) mass is 419 g/mol. The Morgan fingerprint density at radius 3 is 2.46 bits per heavy atom. The zero-order valence-corrected chi connectivity index (χ0v) is 17.0. The topological polar surface area (TPSA) is 106 Å². The van der Waals surface area contributed by atoms with Gasteiger partial charge in [0.2, 0.25) is 10.0 Å². The Balaban J connectivity index is 1.88. The number of carbonyl (C=O) groups excluding carboxylic acids is 1. The van der Waals surface area contributed by atoms with Crippen molar-refractivity contribution in [2.45, 2.75) is 13.8 Å². The highest BCUT2D eigenvalue weighted by molar-refractivity contribution is 7.92. The summed E-state index contributed by atoms with van der Waals surface area (Å²) in [6.07, 6.45) is 1.05. The molecule has 2 N–H and O–H groups in total. The molecule has 0 aliphatic rings. The van der Waals surface area contributed by atoms with Crippen LogP contribution in [-0.2, 0) is 10.0 Å². The van der Waals surface area contributed by atoms with Gasteiger partial charge in [0.25, 0.3) is 5.91 Å². The Morgan fingerprint density at radius 2 is 1.82 bits per heavy atom. The maximum Gasteiger partial charge on any atom is 0.275 e. The lowest BCUT2D eigenvalue weighted by atomic mass is 10.2. The molecule has 0 saturated carbocycles. The van der Waals surface area contributed by atoms with Gasteiger partial charge in [-0.25, -0.2) is 18.1 Å². The Hall–Kier alpha value is -2.91. The fraction of sp³-hybridized carbons (Fsp3) is 0.167. The average Bonchev–Trinajstić information content (AvgIpc) is 2.92. The van der Waals surface area contributed by atoms with Crippen LogP contribution in [0.4, 0.5) is 11.4 Å². The summed E-state index contributed by atoms with van der Waals surface area (Å²) in [5.41, 5.74) is 2.46. The largest absolute Gasteiger partial charge is 0.321 e. The molecular formula is C18H18ClN5O3S. The third-order valence-electron chi connectivity index (χ3n) is 3.70. The molecule has 0 fully saturated rings. The SMILES string of the molecule is Cc1cc(C)n(-c2ccc(Cl)c(C(=O)Nc3cccc(NS(C)(=O)=O)c3)n2)n1. The summed E-state index contributed by atoms with van der Waals surface area (Å²) in [6, 6.07) is 11.5. The van der Waals surface area contributed by atoms with Crippen molar-refractivity contribution in [3.8, 4) is 5.82 Å². The zero-order valence-electron chi connectivity index (χ0n) is 15.4. The van der Waals surface area contributed by atoms with E-state index in [1.807, 2.05) is 19.9 Å². The molecule has 8 nitrogen and oxygen atoms in total. The normalized spacial score (nSPS) is 11.3. The van der Waals surface area contributed by atoms with Crippen molar-refractivity contribution in [3.05, 3.63) is 64.6 Å². The number of sulfonamides is 1. The maximum atomic E-state index is 12.7. The molecule has 0 saturated heterocycles. The second kappa shape index (κ2) is 7.61. The number of nitrogens with one attached hydrogen (secondary N) is 2. The van der Waals surface area contributed by atoms with Crippen molar-refractivity contribution >= 4 is 38.9 Å². The van der Waals surface area contributed by atoms with E-state index in [1.54, 1.807) is 35.0 Å². The van der Waals surface area contributed by atoms with Crippen molar-refractivity contribution in [3.63, 3.8) is 0 Å².